The monoisotopic (exact) mass is 297 g/mol. The first-order chi connectivity index (χ1) is 10.1. The van der Waals surface area contributed by atoms with Crippen LogP contribution in [0, 0.1) is 5.92 Å². The highest BCUT2D eigenvalue weighted by Crippen LogP contribution is 2.13. The van der Waals surface area contributed by atoms with E-state index < -0.39 is 0 Å². The Morgan fingerprint density at radius 3 is 2.43 bits per heavy atom. The van der Waals surface area contributed by atoms with Gasteiger partial charge in [0.25, 0.3) is 0 Å². The zero-order valence-corrected chi connectivity index (χ0v) is 13.9. The number of esters is 1. The third-order valence-corrected chi connectivity index (χ3v) is 3.59. The summed E-state index contributed by atoms with van der Waals surface area (Å²) in [5.41, 5.74) is 0. The van der Waals surface area contributed by atoms with Crippen molar-refractivity contribution in [1.82, 2.24) is 4.90 Å². The lowest BCUT2D eigenvalue weighted by atomic mass is 10.0. The Morgan fingerprint density at radius 2 is 1.90 bits per heavy atom. The number of unbranched alkanes of at least 4 members (excludes halogenated alkanes) is 1. The molecule has 0 radical (unpaired) electrons. The van der Waals surface area contributed by atoms with Gasteiger partial charge >= 0.3 is 5.97 Å². The second-order valence-corrected chi connectivity index (χ2v) is 5.38. The molecule has 0 aromatic carbocycles. The minimum atomic E-state index is -0.220. The Kier molecular flexibility index (Phi) is 11.6. The molecular weight excluding hydrogens is 266 g/mol. The van der Waals surface area contributed by atoms with Crippen LogP contribution in [0.1, 0.15) is 59.3 Å². The lowest BCUT2D eigenvalue weighted by Gasteiger charge is -2.20. The van der Waals surface area contributed by atoms with E-state index >= 15 is 0 Å². The molecule has 0 rings (SSSR count). The van der Waals surface area contributed by atoms with Gasteiger partial charge in [-0.15, -0.1) is 0 Å². The van der Waals surface area contributed by atoms with Gasteiger partial charge in [0, 0.05) is 13.1 Å². The summed E-state index contributed by atoms with van der Waals surface area (Å²) in [6.07, 6.45) is 6.89. The van der Waals surface area contributed by atoms with Crippen LogP contribution in [0.4, 0.5) is 0 Å². The normalized spacial score (nSPS) is 11.8. The molecule has 1 unspecified atom stereocenters. The molecule has 0 aliphatic heterocycles. The molecule has 0 aromatic heterocycles. The van der Waals surface area contributed by atoms with Gasteiger partial charge in [-0.05, 0) is 24.8 Å². The maximum atomic E-state index is 11.8. The lowest BCUT2D eigenvalue weighted by molar-refractivity contribution is -0.145. The largest absolute Gasteiger partial charge is 0.465 e. The number of hydrogen-bond acceptors (Lipinski definition) is 3. The van der Waals surface area contributed by atoms with Crippen molar-refractivity contribution < 1.29 is 14.3 Å². The van der Waals surface area contributed by atoms with Gasteiger partial charge in [0.15, 0.2) is 0 Å². The molecule has 0 aromatic rings. The minimum absolute atomic E-state index is 0.126. The van der Waals surface area contributed by atoms with Crippen LogP contribution in [0.15, 0.2) is 12.7 Å². The van der Waals surface area contributed by atoms with Crippen LogP contribution in [0.2, 0.25) is 0 Å². The van der Waals surface area contributed by atoms with E-state index in [9.17, 15) is 9.59 Å². The second-order valence-electron chi connectivity index (χ2n) is 5.38. The average Bonchev–Trinajstić information content (AvgIpc) is 2.50. The van der Waals surface area contributed by atoms with Crippen LogP contribution in [0.25, 0.3) is 0 Å². The molecular formula is C17H31NO3. The molecule has 0 fully saturated rings. The number of nitrogens with zero attached hydrogens (tertiary/aromatic N) is 1. The van der Waals surface area contributed by atoms with Crippen molar-refractivity contribution in [3.05, 3.63) is 12.7 Å². The number of carbonyl (C=O) groups is 2. The molecule has 0 N–H and O–H groups in total. The van der Waals surface area contributed by atoms with E-state index in [0.717, 1.165) is 19.3 Å². The molecule has 0 spiro atoms. The highest BCUT2D eigenvalue weighted by Gasteiger charge is 2.14. The summed E-state index contributed by atoms with van der Waals surface area (Å²) < 4.78 is 5.33. The van der Waals surface area contributed by atoms with Crippen LogP contribution >= 0.6 is 0 Å². The molecule has 0 bridgehead atoms. The van der Waals surface area contributed by atoms with Crippen molar-refractivity contribution in [2.45, 2.75) is 59.3 Å². The van der Waals surface area contributed by atoms with Crippen LogP contribution in [0.3, 0.4) is 0 Å². The Hall–Kier alpha value is -1.32. The summed E-state index contributed by atoms with van der Waals surface area (Å²) in [6.45, 7) is 11.3. The smallest absolute Gasteiger partial charge is 0.307 e. The quantitative estimate of drug-likeness (QED) is 0.409. The van der Waals surface area contributed by atoms with Crippen molar-refractivity contribution >= 4 is 11.9 Å². The third-order valence-electron chi connectivity index (χ3n) is 3.59. The fraction of sp³-hybridized carbons (Fsp3) is 0.765. The van der Waals surface area contributed by atoms with Crippen LogP contribution in [-0.2, 0) is 14.3 Å². The topological polar surface area (TPSA) is 46.6 Å². The SMILES string of the molecule is C=CC(=O)N(CCC)CCC(=O)OCC(CC)CCCC. The van der Waals surface area contributed by atoms with Gasteiger partial charge in [-0.1, -0.05) is 46.6 Å². The van der Waals surface area contributed by atoms with Crippen molar-refractivity contribution in [3.8, 4) is 0 Å². The first kappa shape index (κ1) is 19.7. The summed E-state index contributed by atoms with van der Waals surface area (Å²) in [4.78, 5) is 25.0. The van der Waals surface area contributed by atoms with E-state index in [0.29, 0.717) is 25.6 Å². The van der Waals surface area contributed by atoms with Crippen molar-refractivity contribution in [1.29, 1.82) is 0 Å². The minimum Gasteiger partial charge on any atom is -0.465 e. The van der Waals surface area contributed by atoms with E-state index in [-0.39, 0.29) is 18.3 Å². The number of hydrogen-bond donors (Lipinski definition) is 0. The Balaban J connectivity index is 4.06. The van der Waals surface area contributed by atoms with E-state index in [1.54, 1.807) is 4.90 Å². The summed E-state index contributed by atoms with van der Waals surface area (Å²) >= 11 is 0. The number of ether oxygens (including phenoxy) is 1. The lowest BCUT2D eigenvalue weighted by Crippen LogP contribution is -2.32. The fourth-order valence-corrected chi connectivity index (χ4v) is 2.14. The van der Waals surface area contributed by atoms with Gasteiger partial charge in [-0.3, -0.25) is 9.59 Å². The predicted molar refractivity (Wildman–Crippen MR) is 86.0 cm³/mol. The second kappa shape index (κ2) is 12.4. The summed E-state index contributed by atoms with van der Waals surface area (Å²) in [5.74, 6) is 0.109. The first-order valence-electron chi connectivity index (χ1n) is 8.15. The number of rotatable bonds is 12. The predicted octanol–water partition coefficient (Wildman–Crippen LogP) is 3.56. The molecule has 21 heavy (non-hydrogen) atoms. The van der Waals surface area contributed by atoms with Crippen LogP contribution in [-0.4, -0.2) is 36.5 Å². The first-order valence-corrected chi connectivity index (χ1v) is 8.15. The van der Waals surface area contributed by atoms with Crippen molar-refractivity contribution in [3.63, 3.8) is 0 Å². The van der Waals surface area contributed by atoms with E-state index in [2.05, 4.69) is 20.4 Å². The van der Waals surface area contributed by atoms with Gasteiger partial charge in [0.2, 0.25) is 5.91 Å². The highest BCUT2D eigenvalue weighted by molar-refractivity contribution is 5.87. The molecule has 1 atom stereocenters. The van der Waals surface area contributed by atoms with E-state index in [1.165, 1.54) is 18.9 Å². The zero-order valence-electron chi connectivity index (χ0n) is 13.9. The molecule has 1 amide bonds. The van der Waals surface area contributed by atoms with Gasteiger partial charge in [-0.2, -0.15) is 0 Å². The third kappa shape index (κ3) is 9.27. The zero-order chi connectivity index (χ0) is 16.1. The Labute approximate surface area is 129 Å². The maximum absolute atomic E-state index is 11.8. The van der Waals surface area contributed by atoms with Gasteiger partial charge in [-0.25, -0.2) is 0 Å². The molecule has 0 heterocycles. The summed E-state index contributed by atoms with van der Waals surface area (Å²) in [5, 5.41) is 0. The van der Waals surface area contributed by atoms with Gasteiger partial charge in [0.05, 0.1) is 13.0 Å². The number of amides is 1. The van der Waals surface area contributed by atoms with Crippen LogP contribution < -0.4 is 0 Å². The molecule has 0 aliphatic rings. The van der Waals surface area contributed by atoms with Gasteiger partial charge < -0.3 is 9.64 Å². The standard InChI is InChI=1S/C17H31NO3/c1-5-9-10-15(7-3)14-21-17(20)11-13-18(12-6-2)16(19)8-4/h8,15H,4-7,9-14H2,1-3H3. The van der Waals surface area contributed by atoms with Gasteiger partial charge in [0.1, 0.15) is 0 Å². The molecule has 4 heteroatoms. The Bertz CT molecular complexity index is 315. The molecule has 0 aliphatic carbocycles. The summed E-state index contributed by atoms with van der Waals surface area (Å²) in [7, 11) is 0. The average molecular weight is 297 g/mol. The maximum Gasteiger partial charge on any atom is 0.307 e. The Morgan fingerprint density at radius 1 is 1.19 bits per heavy atom. The highest BCUT2D eigenvalue weighted by atomic mass is 16.5. The molecule has 0 saturated carbocycles. The molecule has 0 saturated heterocycles. The van der Waals surface area contributed by atoms with Crippen molar-refractivity contribution in [2.75, 3.05) is 19.7 Å². The molecule has 122 valence electrons. The van der Waals surface area contributed by atoms with Crippen molar-refractivity contribution in [2.24, 2.45) is 5.92 Å². The number of carbonyl (C=O) groups excluding carboxylic acids is 2. The summed E-state index contributed by atoms with van der Waals surface area (Å²) in [6, 6.07) is 0. The van der Waals surface area contributed by atoms with Crippen LogP contribution in [0.5, 0.6) is 0 Å². The molecule has 4 nitrogen and oxygen atoms in total. The van der Waals surface area contributed by atoms with E-state index in [4.69, 9.17) is 4.74 Å². The fourth-order valence-electron chi connectivity index (χ4n) is 2.14. The van der Waals surface area contributed by atoms with E-state index in [1.807, 2.05) is 6.92 Å².